The van der Waals surface area contributed by atoms with Gasteiger partial charge < -0.3 is 4.74 Å². The Bertz CT molecular complexity index is 470. The van der Waals surface area contributed by atoms with Gasteiger partial charge in [0.15, 0.2) is 5.13 Å². The van der Waals surface area contributed by atoms with Crippen LogP contribution in [0.1, 0.15) is 0 Å². The van der Waals surface area contributed by atoms with E-state index in [2.05, 4.69) is 10.3 Å². The molecule has 0 saturated heterocycles. The van der Waals surface area contributed by atoms with E-state index < -0.39 is 6.09 Å². The average Bonchev–Trinajstić information content (AvgIpc) is 2.74. The van der Waals surface area contributed by atoms with Crippen LogP contribution in [0.15, 0.2) is 35.8 Å². The van der Waals surface area contributed by atoms with E-state index >= 15 is 0 Å². The number of nitrogens with one attached hydrogen (secondary N) is 1. The van der Waals surface area contributed by atoms with Crippen molar-refractivity contribution >= 4 is 22.6 Å². The molecular weight excluding hydrogens is 231 g/mol. The zero-order valence-electron chi connectivity index (χ0n) is 8.01. The number of halogens is 1. The van der Waals surface area contributed by atoms with Crippen molar-refractivity contribution in [1.82, 2.24) is 4.98 Å². The van der Waals surface area contributed by atoms with Gasteiger partial charge in [-0.3, -0.25) is 5.32 Å². The molecule has 1 aromatic carbocycles. The number of hydrogen-bond donors (Lipinski definition) is 1. The van der Waals surface area contributed by atoms with Gasteiger partial charge in [0.25, 0.3) is 0 Å². The van der Waals surface area contributed by atoms with Crippen molar-refractivity contribution in [2.45, 2.75) is 0 Å². The van der Waals surface area contributed by atoms with Crippen molar-refractivity contribution < 1.29 is 13.9 Å². The normalized spacial score (nSPS) is 9.81. The lowest BCUT2D eigenvalue weighted by atomic mass is 10.3. The minimum atomic E-state index is -0.651. The fraction of sp³-hybridized carbons (Fsp3) is 0. The Hall–Kier alpha value is -1.95. The summed E-state index contributed by atoms with van der Waals surface area (Å²) >= 11 is 1.28. The highest BCUT2D eigenvalue weighted by atomic mass is 32.1. The Morgan fingerprint density at radius 2 is 2.12 bits per heavy atom. The van der Waals surface area contributed by atoms with Gasteiger partial charge in [0, 0.05) is 11.6 Å². The molecule has 4 nitrogen and oxygen atoms in total. The molecular formula is C10H7FN2O2S. The summed E-state index contributed by atoms with van der Waals surface area (Å²) in [5.74, 6) is -0.108. The Morgan fingerprint density at radius 1 is 1.38 bits per heavy atom. The lowest BCUT2D eigenvalue weighted by Crippen LogP contribution is -2.16. The van der Waals surface area contributed by atoms with E-state index in [0.29, 0.717) is 5.13 Å². The molecule has 1 aromatic heterocycles. The minimum Gasteiger partial charge on any atom is -0.410 e. The van der Waals surface area contributed by atoms with Crippen LogP contribution in [0.2, 0.25) is 0 Å². The molecule has 0 spiro atoms. The molecule has 2 rings (SSSR count). The van der Waals surface area contributed by atoms with Crippen molar-refractivity contribution in [2.75, 3.05) is 5.32 Å². The van der Waals surface area contributed by atoms with Crippen molar-refractivity contribution in [1.29, 1.82) is 0 Å². The van der Waals surface area contributed by atoms with Gasteiger partial charge in [-0.1, -0.05) is 0 Å². The topological polar surface area (TPSA) is 51.2 Å². The van der Waals surface area contributed by atoms with Gasteiger partial charge in [0.1, 0.15) is 11.6 Å². The number of ether oxygens (including phenoxy) is 1. The molecule has 1 heterocycles. The van der Waals surface area contributed by atoms with Crippen LogP contribution < -0.4 is 10.1 Å². The molecule has 0 aliphatic rings. The summed E-state index contributed by atoms with van der Waals surface area (Å²) in [6.07, 6.45) is 0.916. The molecule has 1 amide bonds. The maximum atomic E-state index is 12.6. The second-order valence-electron chi connectivity index (χ2n) is 2.81. The molecule has 0 bridgehead atoms. The van der Waals surface area contributed by atoms with Gasteiger partial charge in [-0.25, -0.2) is 14.2 Å². The minimum absolute atomic E-state index is 0.274. The van der Waals surface area contributed by atoms with E-state index in [1.807, 2.05) is 0 Å². The molecule has 1 N–H and O–H groups in total. The van der Waals surface area contributed by atoms with Crippen molar-refractivity contribution in [3.05, 3.63) is 41.7 Å². The second-order valence-corrected chi connectivity index (χ2v) is 3.70. The molecule has 82 valence electrons. The Kier molecular flexibility index (Phi) is 3.11. The van der Waals surface area contributed by atoms with Crippen LogP contribution in [0.5, 0.6) is 5.75 Å². The Morgan fingerprint density at radius 3 is 2.75 bits per heavy atom. The molecule has 16 heavy (non-hydrogen) atoms. The average molecular weight is 238 g/mol. The molecule has 0 fully saturated rings. The van der Waals surface area contributed by atoms with Crippen LogP contribution in [0.3, 0.4) is 0 Å². The van der Waals surface area contributed by atoms with Gasteiger partial charge in [0.2, 0.25) is 0 Å². The lowest BCUT2D eigenvalue weighted by molar-refractivity contribution is 0.215. The number of benzene rings is 1. The summed E-state index contributed by atoms with van der Waals surface area (Å²) in [7, 11) is 0. The molecule has 0 aliphatic carbocycles. The van der Waals surface area contributed by atoms with Gasteiger partial charge in [0.05, 0.1) is 0 Å². The first-order valence-corrected chi connectivity index (χ1v) is 5.26. The number of aromatic nitrogens is 1. The predicted octanol–water partition coefficient (Wildman–Crippen LogP) is 2.89. The van der Waals surface area contributed by atoms with E-state index in [9.17, 15) is 9.18 Å². The van der Waals surface area contributed by atoms with E-state index in [0.717, 1.165) is 0 Å². The third-order valence-electron chi connectivity index (χ3n) is 1.67. The Balaban J connectivity index is 1.95. The van der Waals surface area contributed by atoms with Gasteiger partial charge in [-0.05, 0) is 24.3 Å². The number of amides is 1. The van der Waals surface area contributed by atoms with Gasteiger partial charge in [-0.2, -0.15) is 0 Å². The predicted molar refractivity (Wildman–Crippen MR) is 58.2 cm³/mol. The molecule has 0 atom stereocenters. The summed E-state index contributed by atoms with van der Waals surface area (Å²) in [5, 5.41) is 4.62. The summed E-state index contributed by atoms with van der Waals surface area (Å²) in [5.41, 5.74) is 0. The quantitative estimate of drug-likeness (QED) is 0.875. The monoisotopic (exact) mass is 238 g/mol. The fourth-order valence-corrected chi connectivity index (χ4v) is 1.52. The highest BCUT2D eigenvalue weighted by Gasteiger charge is 2.06. The molecule has 0 radical (unpaired) electrons. The zero-order chi connectivity index (χ0) is 11.4. The van der Waals surface area contributed by atoms with Crippen molar-refractivity contribution in [3.63, 3.8) is 0 Å². The van der Waals surface area contributed by atoms with Crippen LogP contribution in [-0.4, -0.2) is 11.1 Å². The van der Waals surface area contributed by atoms with Gasteiger partial charge >= 0.3 is 6.09 Å². The van der Waals surface area contributed by atoms with Crippen LogP contribution in [0.25, 0.3) is 0 Å². The summed E-state index contributed by atoms with van der Waals surface area (Å²) in [6, 6.07) is 5.17. The standard InChI is InChI=1S/C10H7FN2O2S/c11-7-1-3-8(4-2-7)15-10(14)13-9-12-5-6-16-9/h1-6H,(H,12,13,14). The highest BCUT2D eigenvalue weighted by molar-refractivity contribution is 7.13. The van der Waals surface area contributed by atoms with Crippen molar-refractivity contribution in [2.24, 2.45) is 0 Å². The van der Waals surface area contributed by atoms with E-state index in [1.165, 1.54) is 35.6 Å². The van der Waals surface area contributed by atoms with E-state index in [1.54, 1.807) is 11.6 Å². The first-order valence-electron chi connectivity index (χ1n) is 4.38. The van der Waals surface area contributed by atoms with E-state index in [-0.39, 0.29) is 11.6 Å². The SMILES string of the molecule is O=C(Nc1nccs1)Oc1ccc(F)cc1. The third-order valence-corrected chi connectivity index (χ3v) is 2.35. The number of nitrogens with zero attached hydrogens (tertiary/aromatic N) is 1. The lowest BCUT2D eigenvalue weighted by Gasteiger charge is -2.03. The summed E-state index contributed by atoms with van der Waals surface area (Å²) in [4.78, 5) is 15.2. The summed E-state index contributed by atoms with van der Waals surface area (Å²) < 4.78 is 17.5. The first kappa shape index (κ1) is 10.6. The van der Waals surface area contributed by atoms with Crippen LogP contribution in [-0.2, 0) is 0 Å². The molecule has 0 saturated carbocycles. The zero-order valence-corrected chi connectivity index (χ0v) is 8.83. The smallest absolute Gasteiger partial charge is 0.410 e. The first-order chi connectivity index (χ1) is 7.74. The molecule has 0 aliphatic heterocycles. The van der Waals surface area contributed by atoms with Gasteiger partial charge in [-0.15, -0.1) is 11.3 Å². The molecule has 2 aromatic rings. The number of anilines is 1. The fourth-order valence-electron chi connectivity index (χ4n) is 1.01. The van der Waals surface area contributed by atoms with Crippen LogP contribution in [0.4, 0.5) is 14.3 Å². The maximum absolute atomic E-state index is 12.6. The number of carbonyl (C=O) groups is 1. The third kappa shape index (κ3) is 2.77. The number of hydrogen-bond acceptors (Lipinski definition) is 4. The summed E-state index contributed by atoms with van der Waals surface area (Å²) in [6.45, 7) is 0. The number of rotatable bonds is 2. The van der Waals surface area contributed by atoms with E-state index in [4.69, 9.17) is 4.74 Å². The second kappa shape index (κ2) is 4.71. The van der Waals surface area contributed by atoms with Crippen LogP contribution in [0, 0.1) is 5.82 Å². The molecule has 0 unspecified atom stereocenters. The maximum Gasteiger partial charge on any atom is 0.418 e. The Labute approximate surface area is 94.7 Å². The number of thiazole rings is 1. The van der Waals surface area contributed by atoms with Crippen molar-refractivity contribution in [3.8, 4) is 5.75 Å². The number of carbonyl (C=O) groups excluding carboxylic acids is 1. The molecule has 6 heteroatoms. The largest absolute Gasteiger partial charge is 0.418 e. The highest BCUT2D eigenvalue weighted by Crippen LogP contribution is 2.14. The van der Waals surface area contributed by atoms with Crippen LogP contribution >= 0.6 is 11.3 Å².